The summed E-state index contributed by atoms with van der Waals surface area (Å²) < 4.78 is 0. The average Bonchev–Trinajstić information content (AvgIpc) is 2.05. The molecule has 58 valence electrons. The normalized spacial score (nSPS) is 9.64. The van der Waals surface area contributed by atoms with E-state index < -0.39 is 0 Å². The summed E-state index contributed by atoms with van der Waals surface area (Å²) in [6.45, 7) is 0. The molecule has 1 rings (SSSR count). The zero-order chi connectivity index (χ0) is 8.27. The number of halogens is 1. The highest BCUT2D eigenvalue weighted by molar-refractivity contribution is 7.80. The van der Waals surface area contributed by atoms with Crippen LogP contribution >= 0.6 is 24.2 Å². The zero-order valence-electron chi connectivity index (χ0n) is 5.75. The highest BCUT2D eigenvalue weighted by Gasteiger charge is 2.01. The van der Waals surface area contributed by atoms with Gasteiger partial charge in [0.1, 0.15) is 0 Å². The summed E-state index contributed by atoms with van der Waals surface area (Å²) >= 11 is 9.44. The van der Waals surface area contributed by atoms with Crippen LogP contribution < -0.4 is 0 Å². The summed E-state index contributed by atoms with van der Waals surface area (Å²) in [5, 5.41) is 0. The maximum absolute atomic E-state index is 11.0. The molecule has 0 fully saturated rings. The van der Waals surface area contributed by atoms with Gasteiger partial charge in [0.05, 0.1) is 5.88 Å². The van der Waals surface area contributed by atoms with Gasteiger partial charge in [-0.3, -0.25) is 4.79 Å². The third-order valence-corrected chi connectivity index (χ3v) is 1.85. The van der Waals surface area contributed by atoms with Gasteiger partial charge in [-0.05, 0) is 12.1 Å². The molecule has 0 radical (unpaired) electrons. The van der Waals surface area contributed by atoms with Crippen LogP contribution in [0.1, 0.15) is 10.4 Å². The molecule has 0 amide bonds. The van der Waals surface area contributed by atoms with Crippen molar-refractivity contribution < 1.29 is 4.79 Å². The fourth-order valence-electron chi connectivity index (χ4n) is 0.724. The van der Waals surface area contributed by atoms with Crippen molar-refractivity contribution in [3.05, 3.63) is 29.8 Å². The molecule has 0 saturated carbocycles. The smallest absolute Gasteiger partial charge is 0.177 e. The minimum atomic E-state index is -0.0556. The van der Waals surface area contributed by atoms with Crippen LogP contribution in [0.15, 0.2) is 29.2 Å². The van der Waals surface area contributed by atoms with Crippen LogP contribution in [-0.4, -0.2) is 11.7 Å². The number of carbonyl (C=O) groups is 1. The predicted octanol–water partition coefficient (Wildman–Crippen LogP) is 2.40. The van der Waals surface area contributed by atoms with Crippen LogP contribution in [0, 0.1) is 0 Å². The maximum Gasteiger partial charge on any atom is 0.177 e. The molecule has 1 aromatic carbocycles. The lowest BCUT2D eigenvalue weighted by atomic mass is 10.1. The number of carbonyl (C=O) groups excluding carboxylic acids is 1. The topological polar surface area (TPSA) is 17.1 Å². The van der Waals surface area contributed by atoms with Crippen molar-refractivity contribution >= 4 is 30.0 Å². The second kappa shape index (κ2) is 3.79. The van der Waals surface area contributed by atoms with Crippen molar-refractivity contribution in [2.45, 2.75) is 4.90 Å². The van der Waals surface area contributed by atoms with Gasteiger partial charge in [-0.15, -0.1) is 24.2 Å². The van der Waals surface area contributed by atoms with Crippen molar-refractivity contribution in [2.75, 3.05) is 5.88 Å². The molecule has 0 aliphatic heterocycles. The zero-order valence-corrected chi connectivity index (χ0v) is 7.40. The number of benzene rings is 1. The van der Waals surface area contributed by atoms with Gasteiger partial charge in [0, 0.05) is 10.5 Å². The van der Waals surface area contributed by atoms with Crippen LogP contribution in [-0.2, 0) is 0 Å². The molecule has 0 aliphatic carbocycles. The molecule has 0 unspecified atom stereocenters. The minimum absolute atomic E-state index is 0.0336. The van der Waals surface area contributed by atoms with E-state index in [2.05, 4.69) is 12.6 Å². The van der Waals surface area contributed by atoms with E-state index in [1.807, 2.05) is 0 Å². The predicted molar refractivity (Wildman–Crippen MR) is 48.7 cm³/mol. The molecule has 11 heavy (non-hydrogen) atoms. The average molecular weight is 187 g/mol. The quantitative estimate of drug-likeness (QED) is 0.427. The Bertz CT molecular complexity index is 255. The first-order valence-corrected chi connectivity index (χ1v) is 4.10. The lowest BCUT2D eigenvalue weighted by Gasteiger charge is -1.95. The number of alkyl halides is 1. The van der Waals surface area contributed by atoms with E-state index in [1.165, 1.54) is 0 Å². The number of Topliss-reactive ketones (excluding diaryl/α,β-unsaturated/α-hetero) is 1. The van der Waals surface area contributed by atoms with E-state index in [0.29, 0.717) is 5.56 Å². The van der Waals surface area contributed by atoms with E-state index in [9.17, 15) is 4.79 Å². The van der Waals surface area contributed by atoms with Crippen molar-refractivity contribution in [1.29, 1.82) is 0 Å². The number of ketones is 1. The fraction of sp³-hybridized carbons (Fsp3) is 0.125. The Labute approximate surface area is 75.8 Å². The van der Waals surface area contributed by atoms with E-state index >= 15 is 0 Å². The van der Waals surface area contributed by atoms with Gasteiger partial charge in [0.15, 0.2) is 5.78 Å². The largest absolute Gasteiger partial charge is 0.293 e. The molecule has 1 aromatic rings. The van der Waals surface area contributed by atoms with Crippen LogP contribution in [0.5, 0.6) is 0 Å². The molecule has 0 aromatic heterocycles. The Balaban J connectivity index is 2.90. The fourth-order valence-corrected chi connectivity index (χ4v) is 1.03. The Hall–Kier alpha value is -0.470. The molecule has 0 N–H and O–H groups in total. The van der Waals surface area contributed by atoms with Crippen LogP contribution in [0.3, 0.4) is 0 Å². The molecule has 0 spiro atoms. The molecular weight excluding hydrogens is 180 g/mol. The van der Waals surface area contributed by atoms with Gasteiger partial charge in [-0.1, -0.05) is 12.1 Å². The highest BCUT2D eigenvalue weighted by Crippen LogP contribution is 2.08. The van der Waals surface area contributed by atoms with Gasteiger partial charge in [0.25, 0.3) is 0 Å². The highest BCUT2D eigenvalue weighted by atomic mass is 35.5. The van der Waals surface area contributed by atoms with Gasteiger partial charge >= 0.3 is 0 Å². The van der Waals surface area contributed by atoms with Crippen molar-refractivity contribution in [3.8, 4) is 0 Å². The number of rotatable bonds is 2. The third-order valence-electron chi connectivity index (χ3n) is 1.31. The molecule has 1 nitrogen and oxygen atoms in total. The summed E-state index contributed by atoms with van der Waals surface area (Å²) in [7, 11) is 0. The number of hydrogen-bond acceptors (Lipinski definition) is 2. The SMILES string of the molecule is O=C(CCl)c1ccc(S)cc1. The molecule has 0 aliphatic rings. The van der Waals surface area contributed by atoms with E-state index in [-0.39, 0.29) is 11.7 Å². The van der Waals surface area contributed by atoms with Crippen LogP contribution in [0.2, 0.25) is 0 Å². The minimum Gasteiger partial charge on any atom is -0.293 e. The van der Waals surface area contributed by atoms with Crippen molar-refractivity contribution in [1.82, 2.24) is 0 Å². The third kappa shape index (κ3) is 2.24. The van der Waals surface area contributed by atoms with Crippen molar-refractivity contribution in [3.63, 3.8) is 0 Å². The van der Waals surface area contributed by atoms with Gasteiger partial charge < -0.3 is 0 Å². The molecule has 0 bridgehead atoms. The number of thiol groups is 1. The van der Waals surface area contributed by atoms with Crippen molar-refractivity contribution in [2.24, 2.45) is 0 Å². The first-order chi connectivity index (χ1) is 5.24. The molecule has 0 heterocycles. The van der Waals surface area contributed by atoms with Crippen LogP contribution in [0.4, 0.5) is 0 Å². The molecular formula is C8H7ClOS. The lowest BCUT2D eigenvalue weighted by molar-refractivity contribution is 0.102. The Morgan fingerprint density at radius 3 is 2.36 bits per heavy atom. The Kier molecular flexibility index (Phi) is 2.97. The van der Waals surface area contributed by atoms with Gasteiger partial charge in [-0.25, -0.2) is 0 Å². The van der Waals surface area contributed by atoms with E-state index in [1.54, 1.807) is 24.3 Å². The molecule has 0 atom stereocenters. The summed E-state index contributed by atoms with van der Waals surface area (Å²) in [4.78, 5) is 11.8. The summed E-state index contributed by atoms with van der Waals surface area (Å²) in [5.41, 5.74) is 0.637. The molecule has 3 heteroatoms. The summed E-state index contributed by atoms with van der Waals surface area (Å²) in [6, 6.07) is 6.96. The summed E-state index contributed by atoms with van der Waals surface area (Å²) in [6.07, 6.45) is 0. The van der Waals surface area contributed by atoms with Crippen LogP contribution in [0.25, 0.3) is 0 Å². The lowest BCUT2D eigenvalue weighted by Crippen LogP contribution is -1.98. The summed E-state index contributed by atoms with van der Waals surface area (Å²) in [5.74, 6) is -0.0219. The standard InChI is InChI=1S/C8H7ClOS/c9-5-8(10)6-1-3-7(11)4-2-6/h1-4,11H,5H2. The Morgan fingerprint density at radius 1 is 1.36 bits per heavy atom. The second-order valence-electron chi connectivity index (χ2n) is 2.10. The number of hydrogen-bond donors (Lipinski definition) is 1. The Morgan fingerprint density at radius 2 is 1.91 bits per heavy atom. The maximum atomic E-state index is 11.0. The second-order valence-corrected chi connectivity index (χ2v) is 2.89. The van der Waals surface area contributed by atoms with E-state index in [4.69, 9.17) is 11.6 Å². The van der Waals surface area contributed by atoms with Gasteiger partial charge in [-0.2, -0.15) is 0 Å². The van der Waals surface area contributed by atoms with E-state index in [0.717, 1.165) is 4.90 Å². The monoisotopic (exact) mass is 186 g/mol. The first kappa shape index (κ1) is 8.62. The first-order valence-electron chi connectivity index (χ1n) is 3.12. The molecule has 0 saturated heterocycles. The van der Waals surface area contributed by atoms with Gasteiger partial charge in [0.2, 0.25) is 0 Å².